The Bertz CT molecular complexity index is 569. The highest BCUT2D eigenvalue weighted by atomic mass is 32.2. The van der Waals surface area contributed by atoms with Crippen LogP contribution in [-0.2, 0) is 10.0 Å². The van der Waals surface area contributed by atoms with E-state index in [2.05, 4.69) is 21.9 Å². The molecule has 1 aromatic rings. The SMILES string of the molecule is CCCNc1ncccc1S(=O)(=O)NCC1(C)CCCS1. The number of hydrogen-bond acceptors (Lipinski definition) is 5. The van der Waals surface area contributed by atoms with E-state index >= 15 is 0 Å². The second kappa shape index (κ2) is 6.98. The average Bonchev–Trinajstić information content (AvgIpc) is 2.91. The van der Waals surface area contributed by atoms with Crippen LogP contribution in [0.3, 0.4) is 0 Å². The zero-order chi connectivity index (χ0) is 15.3. The Morgan fingerprint density at radius 3 is 2.95 bits per heavy atom. The molecule has 1 aliphatic heterocycles. The predicted octanol–water partition coefficient (Wildman–Crippen LogP) is 2.47. The van der Waals surface area contributed by atoms with Crippen molar-refractivity contribution in [1.82, 2.24) is 9.71 Å². The van der Waals surface area contributed by atoms with E-state index in [-0.39, 0.29) is 9.64 Å². The molecule has 118 valence electrons. The van der Waals surface area contributed by atoms with Gasteiger partial charge in [0, 0.05) is 24.0 Å². The largest absolute Gasteiger partial charge is 0.369 e. The number of rotatable bonds is 7. The van der Waals surface area contributed by atoms with E-state index in [1.165, 1.54) is 0 Å². The quantitative estimate of drug-likeness (QED) is 0.804. The summed E-state index contributed by atoms with van der Waals surface area (Å²) in [6, 6.07) is 3.25. The van der Waals surface area contributed by atoms with Crippen molar-refractivity contribution in [3.63, 3.8) is 0 Å². The van der Waals surface area contributed by atoms with Crippen LogP contribution in [0.5, 0.6) is 0 Å². The van der Waals surface area contributed by atoms with Crippen molar-refractivity contribution < 1.29 is 8.42 Å². The van der Waals surface area contributed by atoms with E-state index < -0.39 is 10.0 Å². The number of nitrogens with zero attached hydrogens (tertiary/aromatic N) is 1. The van der Waals surface area contributed by atoms with Gasteiger partial charge in [-0.2, -0.15) is 11.8 Å². The van der Waals surface area contributed by atoms with E-state index in [0.717, 1.165) is 25.0 Å². The van der Waals surface area contributed by atoms with Gasteiger partial charge in [-0.05, 0) is 44.1 Å². The molecule has 2 heterocycles. The van der Waals surface area contributed by atoms with Gasteiger partial charge in [-0.1, -0.05) is 6.92 Å². The molecule has 1 aromatic heterocycles. The van der Waals surface area contributed by atoms with E-state index in [1.807, 2.05) is 18.7 Å². The van der Waals surface area contributed by atoms with Crippen molar-refractivity contribution in [3.05, 3.63) is 18.3 Å². The summed E-state index contributed by atoms with van der Waals surface area (Å²) in [5, 5.41) is 3.07. The third-order valence-corrected chi connectivity index (χ3v) is 6.51. The fraction of sp³-hybridized carbons (Fsp3) is 0.643. The second-order valence-electron chi connectivity index (χ2n) is 5.50. The Morgan fingerprint density at radius 2 is 2.29 bits per heavy atom. The van der Waals surface area contributed by atoms with Gasteiger partial charge >= 0.3 is 0 Å². The third-order valence-electron chi connectivity index (χ3n) is 3.54. The van der Waals surface area contributed by atoms with Gasteiger partial charge in [0.2, 0.25) is 10.0 Å². The molecule has 1 saturated heterocycles. The molecule has 0 spiro atoms. The van der Waals surface area contributed by atoms with Gasteiger partial charge < -0.3 is 5.32 Å². The lowest BCUT2D eigenvalue weighted by molar-refractivity contribution is 0.552. The van der Waals surface area contributed by atoms with Crippen LogP contribution >= 0.6 is 11.8 Å². The van der Waals surface area contributed by atoms with Crippen LogP contribution in [0.25, 0.3) is 0 Å². The van der Waals surface area contributed by atoms with Crippen molar-refractivity contribution in [1.29, 1.82) is 0 Å². The van der Waals surface area contributed by atoms with Gasteiger partial charge in [-0.3, -0.25) is 0 Å². The summed E-state index contributed by atoms with van der Waals surface area (Å²) < 4.78 is 27.8. The summed E-state index contributed by atoms with van der Waals surface area (Å²) in [5.74, 6) is 1.53. The Hall–Kier alpha value is -0.790. The monoisotopic (exact) mass is 329 g/mol. The number of pyridine rings is 1. The van der Waals surface area contributed by atoms with Crippen LogP contribution in [0.1, 0.15) is 33.1 Å². The van der Waals surface area contributed by atoms with Crippen molar-refractivity contribution in [2.45, 2.75) is 42.8 Å². The number of hydrogen-bond donors (Lipinski definition) is 2. The molecule has 1 atom stereocenters. The second-order valence-corrected chi connectivity index (χ2v) is 8.92. The van der Waals surface area contributed by atoms with E-state index in [0.29, 0.717) is 18.9 Å². The number of nitrogens with one attached hydrogen (secondary N) is 2. The molecule has 21 heavy (non-hydrogen) atoms. The molecule has 0 bridgehead atoms. The summed E-state index contributed by atoms with van der Waals surface area (Å²) in [7, 11) is -3.54. The van der Waals surface area contributed by atoms with Crippen molar-refractivity contribution in [2.24, 2.45) is 0 Å². The van der Waals surface area contributed by atoms with Gasteiger partial charge in [0.25, 0.3) is 0 Å². The van der Waals surface area contributed by atoms with Gasteiger partial charge in [-0.25, -0.2) is 18.1 Å². The molecule has 0 amide bonds. The maximum atomic E-state index is 12.5. The Balaban J connectivity index is 2.11. The van der Waals surface area contributed by atoms with E-state index in [4.69, 9.17) is 0 Å². The summed E-state index contributed by atoms with van der Waals surface area (Å²) in [6.45, 7) is 5.31. The normalized spacial score (nSPS) is 22.4. The van der Waals surface area contributed by atoms with Gasteiger partial charge in [0.1, 0.15) is 10.7 Å². The first-order valence-corrected chi connectivity index (χ1v) is 9.76. The van der Waals surface area contributed by atoms with E-state index in [1.54, 1.807) is 18.3 Å². The van der Waals surface area contributed by atoms with Crippen LogP contribution in [0.2, 0.25) is 0 Å². The van der Waals surface area contributed by atoms with E-state index in [9.17, 15) is 8.42 Å². The lowest BCUT2D eigenvalue weighted by Crippen LogP contribution is -2.37. The smallest absolute Gasteiger partial charge is 0.244 e. The molecule has 0 aromatic carbocycles. The summed E-state index contributed by atoms with van der Waals surface area (Å²) in [5.41, 5.74) is 0. The molecular weight excluding hydrogens is 306 g/mol. The molecule has 0 aliphatic carbocycles. The van der Waals surface area contributed by atoms with Crippen molar-refractivity contribution in [2.75, 3.05) is 24.2 Å². The zero-order valence-electron chi connectivity index (χ0n) is 12.6. The molecule has 2 N–H and O–H groups in total. The summed E-state index contributed by atoms with van der Waals surface area (Å²) >= 11 is 1.84. The number of sulfonamides is 1. The molecule has 0 saturated carbocycles. The highest BCUT2D eigenvalue weighted by molar-refractivity contribution is 8.01. The number of anilines is 1. The lowest BCUT2D eigenvalue weighted by atomic mass is 10.1. The minimum Gasteiger partial charge on any atom is -0.369 e. The molecule has 2 rings (SSSR count). The summed E-state index contributed by atoms with van der Waals surface area (Å²) in [6.07, 6.45) is 4.72. The van der Waals surface area contributed by atoms with Crippen LogP contribution in [0.4, 0.5) is 5.82 Å². The highest BCUT2D eigenvalue weighted by Crippen LogP contribution is 2.37. The van der Waals surface area contributed by atoms with Gasteiger partial charge in [-0.15, -0.1) is 0 Å². The fourth-order valence-electron chi connectivity index (χ4n) is 2.29. The molecule has 0 radical (unpaired) electrons. The number of aromatic nitrogens is 1. The maximum Gasteiger partial charge on any atom is 0.244 e. The first-order valence-electron chi connectivity index (χ1n) is 7.29. The molecule has 5 nitrogen and oxygen atoms in total. The Kier molecular flexibility index (Phi) is 5.51. The zero-order valence-corrected chi connectivity index (χ0v) is 14.2. The van der Waals surface area contributed by atoms with Gasteiger partial charge in [0.15, 0.2) is 0 Å². The standard InChI is InChI=1S/C14H23N3O2S2/c1-3-8-15-13-12(6-4-9-16-13)21(18,19)17-11-14(2)7-5-10-20-14/h4,6,9,17H,3,5,7-8,10-11H2,1-2H3,(H,15,16). The molecule has 1 aliphatic rings. The first kappa shape index (κ1) is 16.6. The molecule has 1 fully saturated rings. The first-order chi connectivity index (χ1) is 9.97. The Morgan fingerprint density at radius 1 is 1.48 bits per heavy atom. The van der Waals surface area contributed by atoms with Crippen molar-refractivity contribution >= 4 is 27.6 Å². The average molecular weight is 329 g/mol. The van der Waals surface area contributed by atoms with Crippen molar-refractivity contribution in [3.8, 4) is 0 Å². The van der Waals surface area contributed by atoms with Gasteiger partial charge in [0.05, 0.1) is 0 Å². The summed E-state index contributed by atoms with van der Waals surface area (Å²) in [4.78, 5) is 4.37. The highest BCUT2D eigenvalue weighted by Gasteiger charge is 2.31. The molecule has 1 unspecified atom stereocenters. The number of thioether (sulfide) groups is 1. The van der Waals surface area contributed by atoms with Crippen LogP contribution < -0.4 is 10.0 Å². The lowest BCUT2D eigenvalue weighted by Gasteiger charge is -2.23. The van der Waals surface area contributed by atoms with Crippen LogP contribution in [-0.4, -0.2) is 37.0 Å². The predicted molar refractivity (Wildman–Crippen MR) is 88.3 cm³/mol. The Labute approximate surface area is 131 Å². The third kappa shape index (κ3) is 4.34. The minimum atomic E-state index is -3.54. The fourth-order valence-corrected chi connectivity index (χ4v) is 4.92. The topological polar surface area (TPSA) is 71.1 Å². The van der Waals surface area contributed by atoms with Crippen LogP contribution in [0, 0.1) is 0 Å². The van der Waals surface area contributed by atoms with Crippen LogP contribution in [0.15, 0.2) is 23.2 Å². The molecular formula is C14H23N3O2S2. The molecule has 7 heteroatoms. The maximum absolute atomic E-state index is 12.5. The minimum absolute atomic E-state index is 0.00624.